The lowest BCUT2D eigenvalue weighted by atomic mass is 10.2. The highest BCUT2D eigenvalue weighted by Crippen LogP contribution is 2.27. The Morgan fingerprint density at radius 2 is 1.84 bits per heavy atom. The number of rotatable bonds is 4. The van der Waals surface area contributed by atoms with Gasteiger partial charge in [-0.25, -0.2) is 8.78 Å². The zero-order valence-corrected chi connectivity index (χ0v) is 10.3. The van der Waals surface area contributed by atoms with Crippen LogP contribution in [0.4, 0.5) is 14.5 Å². The van der Waals surface area contributed by atoms with Gasteiger partial charge in [-0.15, -0.1) is 0 Å². The summed E-state index contributed by atoms with van der Waals surface area (Å²) in [6.07, 6.45) is 0. The summed E-state index contributed by atoms with van der Waals surface area (Å²) in [6, 6.07) is 8.60. The van der Waals surface area contributed by atoms with Crippen molar-refractivity contribution in [3.05, 3.63) is 53.6 Å². The number of hydrogen-bond acceptors (Lipinski definition) is 3. The van der Waals surface area contributed by atoms with Gasteiger partial charge in [-0.3, -0.25) is 0 Å². The topological polar surface area (TPSA) is 44.5 Å². The van der Waals surface area contributed by atoms with Crippen LogP contribution in [0.1, 0.15) is 5.56 Å². The fourth-order valence-electron chi connectivity index (χ4n) is 1.56. The minimum atomic E-state index is -0.903. The lowest BCUT2D eigenvalue weighted by Gasteiger charge is -2.10. The molecule has 0 amide bonds. The van der Waals surface area contributed by atoms with Crippen LogP contribution in [0.25, 0.3) is 0 Å². The Kier molecular flexibility index (Phi) is 3.85. The lowest BCUT2D eigenvalue weighted by molar-refractivity contribution is 0.304. The molecule has 0 aliphatic rings. The van der Waals surface area contributed by atoms with Crippen molar-refractivity contribution < 1.29 is 18.3 Å². The predicted molar refractivity (Wildman–Crippen MR) is 68.1 cm³/mol. The van der Waals surface area contributed by atoms with Crippen molar-refractivity contribution in [2.45, 2.75) is 6.61 Å². The molecule has 0 spiro atoms. The van der Waals surface area contributed by atoms with E-state index in [1.165, 1.54) is 13.2 Å². The van der Waals surface area contributed by atoms with E-state index < -0.39 is 11.6 Å². The maximum absolute atomic E-state index is 13.0. The monoisotopic (exact) mass is 265 g/mol. The molecule has 0 unspecified atom stereocenters. The van der Waals surface area contributed by atoms with Crippen LogP contribution in [-0.4, -0.2) is 7.11 Å². The maximum Gasteiger partial charge on any atom is 0.159 e. The minimum absolute atomic E-state index is 0.0918. The number of anilines is 1. The van der Waals surface area contributed by atoms with Crippen molar-refractivity contribution in [1.29, 1.82) is 0 Å². The molecular formula is C14H13F2NO2. The molecule has 5 heteroatoms. The van der Waals surface area contributed by atoms with E-state index in [1.807, 2.05) is 0 Å². The highest BCUT2D eigenvalue weighted by Gasteiger charge is 2.06. The van der Waals surface area contributed by atoms with Crippen LogP contribution >= 0.6 is 0 Å². The van der Waals surface area contributed by atoms with E-state index in [4.69, 9.17) is 15.2 Å². The third kappa shape index (κ3) is 3.13. The number of methoxy groups -OCH3 is 1. The van der Waals surface area contributed by atoms with Gasteiger partial charge in [0.05, 0.1) is 12.8 Å². The molecule has 100 valence electrons. The summed E-state index contributed by atoms with van der Waals surface area (Å²) in [5, 5.41) is 0. The van der Waals surface area contributed by atoms with Crippen molar-refractivity contribution in [2.75, 3.05) is 12.8 Å². The first-order valence-electron chi connectivity index (χ1n) is 5.60. The Labute approximate surface area is 109 Å². The highest BCUT2D eigenvalue weighted by molar-refractivity contribution is 5.55. The average Bonchev–Trinajstić information content (AvgIpc) is 2.41. The van der Waals surface area contributed by atoms with Crippen molar-refractivity contribution in [1.82, 2.24) is 0 Å². The SMILES string of the molecule is COc1ccc(N)c(OCc2ccc(F)c(F)c2)c1. The standard InChI is InChI=1S/C14H13F2NO2/c1-18-10-3-5-13(17)14(7-10)19-8-9-2-4-11(15)12(16)6-9/h2-7H,8,17H2,1H3. The van der Waals surface area contributed by atoms with Gasteiger partial charge in [-0.05, 0) is 29.8 Å². The Balaban J connectivity index is 2.11. The number of nitrogens with two attached hydrogens (primary N) is 1. The third-order valence-electron chi connectivity index (χ3n) is 2.60. The van der Waals surface area contributed by atoms with Gasteiger partial charge in [0.15, 0.2) is 11.6 Å². The molecule has 0 saturated heterocycles. The summed E-state index contributed by atoms with van der Waals surface area (Å²) in [4.78, 5) is 0. The van der Waals surface area contributed by atoms with E-state index in [9.17, 15) is 8.78 Å². The molecule has 0 bridgehead atoms. The van der Waals surface area contributed by atoms with Crippen LogP contribution in [0.5, 0.6) is 11.5 Å². The molecule has 0 radical (unpaired) electrons. The minimum Gasteiger partial charge on any atom is -0.497 e. The van der Waals surface area contributed by atoms with Crippen LogP contribution < -0.4 is 15.2 Å². The first-order chi connectivity index (χ1) is 9.10. The van der Waals surface area contributed by atoms with Crippen molar-refractivity contribution in [2.24, 2.45) is 0 Å². The van der Waals surface area contributed by atoms with E-state index in [-0.39, 0.29) is 6.61 Å². The van der Waals surface area contributed by atoms with E-state index in [0.29, 0.717) is 22.7 Å². The van der Waals surface area contributed by atoms with Gasteiger partial charge in [0.25, 0.3) is 0 Å². The zero-order valence-electron chi connectivity index (χ0n) is 10.3. The molecular weight excluding hydrogens is 252 g/mol. The predicted octanol–water partition coefficient (Wildman–Crippen LogP) is 3.13. The van der Waals surface area contributed by atoms with Gasteiger partial charge >= 0.3 is 0 Å². The highest BCUT2D eigenvalue weighted by atomic mass is 19.2. The Morgan fingerprint density at radius 1 is 1.05 bits per heavy atom. The van der Waals surface area contributed by atoms with Gasteiger partial charge in [-0.2, -0.15) is 0 Å². The molecule has 0 fully saturated rings. The zero-order chi connectivity index (χ0) is 13.8. The number of nitrogen functional groups attached to an aromatic ring is 1. The molecule has 0 aliphatic heterocycles. The van der Waals surface area contributed by atoms with E-state index in [0.717, 1.165) is 12.1 Å². The molecule has 3 nitrogen and oxygen atoms in total. The number of halogens is 2. The molecule has 19 heavy (non-hydrogen) atoms. The molecule has 0 aliphatic carbocycles. The van der Waals surface area contributed by atoms with E-state index in [1.54, 1.807) is 18.2 Å². The molecule has 0 atom stereocenters. The second-order valence-electron chi connectivity index (χ2n) is 3.94. The van der Waals surface area contributed by atoms with Crippen LogP contribution in [-0.2, 0) is 6.61 Å². The molecule has 0 saturated carbocycles. The summed E-state index contributed by atoms with van der Waals surface area (Å²) in [7, 11) is 1.53. The molecule has 2 N–H and O–H groups in total. The van der Waals surface area contributed by atoms with Crippen LogP contribution in [0.15, 0.2) is 36.4 Å². The van der Waals surface area contributed by atoms with Crippen LogP contribution in [0, 0.1) is 11.6 Å². The van der Waals surface area contributed by atoms with Gasteiger partial charge < -0.3 is 15.2 Å². The maximum atomic E-state index is 13.0. The first-order valence-corrected chi connectivity index (χ1v) is 5.60. The summed E-state index contributed by atoms with van der Waals surface area (Å²) in [5.41, 5.74) is 6.71. The fraction of sp³-hybridized carbons (Fsp3) is 0.143. The molecule has 2 rings (SSSR count). The summed E-state index contributed by atoms with van der Waals surface area (Å²) in [6.45, 7) is 0.0918. The van der Waals surface area contributed by atoms with Gasteiger partial charge in [0.2, 0.25) is 0 Å². The Bertz CT molecular complexity index is 588. The second-order valence-corrected chi connectivity index (χ2v) is 3.94. The van der Waals surface area contributed by atoms with Crippen molar-refractivity contribution in [3.8, 4) is 11.5 Å². The van der Waals surface area contributed by atoms with Crippen LogP contribution in [0.2, 0.25) is 0 Å². The van der Waals surface area contributed by atoms with Crippen LogP contribution in [0.3, 0.4) is 0 Å². The normalized spacial score (nSPS) is 10.3. The summed E-state index contributed by atoms with van der Waals surface area (Å²) < 4.78 is 36.3. The van der Waals surface area contributed by atoms with E-state index in [2.05, 4.69) is 0 Å². The third-order valence-corrected chi connectivity index (χ3v) is 2.60. The van der Waals surface area contributed by atoms with Gasteiger partial charge in [-0.1, -0.05) is 6.07 Å². The second kappa shape index (κ2) is 5.56. The number of ether oxygens (including phenoxy) is 2. The lowest BCUT2D eigenvalue weighted by Crippen LogP contribution is -2.00. The molecule has 2 aromatic rings. The smallest absolute Gasteiger partial charge is 0.159 e. The number of benzene rings is 2. The average molecular weight is 265 g/mol. The van der Waals surface area contributed by atoms with Crippen molar-refractivity contribution >= 4 is 5.69 Å². The molecule has 2 aromatic carbocycles. The van der Waals surface area contributed by atoms with Gasteiger partial charge in [0, 0.05) is 6.07 Å². The van der Waals surface area contributed by atoms with Gasteiger partial charge in [0.1, 0.15) is 18.1 Å². The largest absolute Gasteiger partial charge is 0.497 e. The fourth-order valence-corrected chi connectivity index (χ4v) is 1.56. The van der Waals surface area contributed by atoms with E-state index >= 15 is 0 Å². The summed E-state index contributed by atoms with van der Waals surface area (Å²) >= 11 is 0. The Morgan fingerprint density at radius 3 is 2.53 bits per heavy atom. The quantitative estimate of drug-likeness (QED) is 0.864. The molecule has 0 heterocycles. The number of hydrogen-bond donors (Lipinski definition) is 1. The summed E-state index contributed by atoms with van der Waals surface area (Å²) in [5.74, 6) is -0.747. The Hall–Kier alpha value is -2.30. The molecule has 0 aromatic heterocycles. The first kappa shape index (κ1) is 13.1. The van der Waals surface area contributed by atoms with Crippen molar-refractivity contribution in [3.63, 3.8) is 0 Å².